The summed E-state index contributed by atoms with van der Waals surface area (Å²) in [5.41, 5.74) is 2.63. The maximum Gasteiger partial charge on any atom is 0.325 e. The van der Waals surface area contributed by atoms with E-state index in [1.54, 1.807) is 12.1 Å². The predicted octanol–water partition coefficient (Wildman–Crippen LogP) is 3.28. The summed E-state index contributed by atoms with van der Waals surface area (Å²) in [7, 11) is 0. The minimum absolute atomic E-state index is 0.0298. The van der Waals surface area contributed by atoms with Crippen LogP contribution in [0.2, 0.25) is 0 Å². The number of para-hydroxylation sites is 1. The molecule has 0 radical (unpaired) electrons. The van der Waals surface area contributed by atoms with Gasteiger partial charge in [0.2, 0.25) is 5.91 Å². The van der Waals surface area contributed by atoms with E-state index < -0.39 is 23.9 Å². The SMILES string of the molecule is CC(C)C(NC(=O)CN1C(=O)NC(Cc2c[nH]c3ccccc23)C1=O)c1ccc(F)cc1. The number of benzene rings is 2. The Kier molecular flexibility index (Phi) is 5.94. The number of nitrogens with one attached hydrogen (secondary N) is 3. The second kappa shape index (κ2) is 8.82. The molecule has 3 aromatic rings. The van der Waals surface area contributed by atoms with Gasteiger partial charge < -0.3 is 15.6 Å². The molecule has 1 aliphatic rings. The Morgan fingerprint density at radius 2 is 1.84 bits per heavy atom. The van der Waals surface area contributed by atoms with Crippen LogP contribution in [0, 0.1) is 11.7 Å². The summed E-state index contributed by atoms with van der Waals surface area (Å²) < 4.78 is 13.3. The molecule has 1 saturated heterocycles. The van der Waals surface area contributed by atoms with Crippen LogP contribution in [0.5, 0.6) is 0 Å². The van der Waals surface area contributed by atoms with Crippen molar-refractivity contribution >= 4 is 28.7 Å². The number of halogens is 1. The van der Waals surface area contributed by atoms with Crippen LogP contribution < -0.4 is 10.6 Å². The Morgan fingerprint density at radius 1 is 1.12 bits per heavy atom. The third-order valence-corrected chi connectivity index (χ3v) is 5.72. The first-order valence-electron chi connectivity index (χ1n) is 10.5. The van der Waals surface area contributed by atoms with Crippen LogP contribution >= 0.6 is 0 Å². The van der Waals surface area contributed by atoms with Crippen molar-refractivity contribution in [3.8, 4) is 0 Å². The third kappa shape index (κ3) is 4.34. The van der Waals surface area contributed by atoms with E-state index in [0.29, 0.717) is 6.42 Å². The molecule has 1 aromatic heterocycles. The van der Waals surface area contributed by atoms with Crippen molar-refractivity contribution in [2.45, 2.75) is 32.4 Å². The molecule has 7 nitrogen and oxygen atoms in total. The van der Waals surface area contributed by atoms with Gasteiger partial charge in [-0.05, 0) is 35.2 Å². The maximum absolute atomic E-state index is 13.3. The second-order valence-electron chi connectivity index (χ2n) is 8.33. The van der Waals surface area contributed by atoms with E-state index in [9.17, 15) is 18.8 Å². The fourth-order valence-electron chi connectivity index (χ4n) is 4.05. The van der Waals surface area contributed by atoms with Crippen LogP contribution in [0.25, 0.3) is 10.9 Å². The van der Waals surface area contributed by atoms with Gasteiger partial charge in [-0.25, -0.2) is 9.18 Å². The minimum Gasteiger partial charge on any atom is -0.361 e. The van der Waals surface area contributed by atoms with Crippen molar-refractivity contribution in [3.63, 3.8) is 0 Å². The fourth-order valence-corrected chi connectivity index (χ4v) is 4.05. The van der Waals surface area contributed by atoms with Gasteiger partial charge in [-0.1, -0.05) is 44.2 Å². The molecular formula is C24H25FN4O3. The molecule has 1 aliphatic heterocycles. The summed E-state index contributed by atoms with van der Waals surface area (Å²) in [6.45, 7) is 3.48. The molecular weight excluding hydrogens is 411 g/mol. The molecule has 0 aliphatic carbocycles. The molecule has 4 rings (SSSR count). The van der Waals surface area contributed by atoms with Crippen molar-refractivity contribution in [1.82, 2.24) is 20.5 Å². The number of hydrogen-bond donors (Lipinski definition) is 3. The number of carbonyl (C=O) groups is 3. The number of imide groups is 1. The van der Waals surface area contributed by atoms with Crippen LogP contribution in [-0.2, 0) is 16.0 Å². The van der Waals surface area contributed by atoms with Gasteiger partial charge in [-0.15, -0.1) is 0 Å². The lowest BCUT2D eigenvalue weighted by molar-refractivity contribution is -0.132. The minimum atomic E-state index is -0.729. The second-order valence-corrected chi connectivity index (χ2v) is 8.33. The largest absolute Gasteiger partial charge is 0.361 e. The van der Waals surface area contributed by atoms with Gasteiger partial charge in [0.25, 0.3) is 5.91 Å². The standard InChI is InChI=1S/C24H25FN4O3/c1-14(2)22(15-7-9-17(25)10-8-15)28-21(30)13-29-23(31)20(27-24(29)32)11-16-12-26-19-6-4-3-5-18(16)19/h3-10,12,14,20,22,26H,11,13H2,1-2H3,(H,27,32)(H,28,30). The highest BCUT2D eigenvalue weighted by molar-refractivity contribution is 6.06. The smallest absolute Gasteiger partial charge is 0.325 e. The number of nitrogens with zero attached hydrogens (tertiary/aromatic N) is 1. The van der Waals surface area contributed by atoms with Crippen LogP contribution in [0.15, 0.2) is 54.7 Å². The zero-order valence-corrected chi connectivity index (χ0v) is 17.9. The lowest BCUT2D eigenvalue weighted by atomic mass is 9.96. The van der Waals surface area contributed by atoms with E-state index >= 15 is 0 Å². The van der Waals surface area contributed by atoms with E-state index in [0.717, 1.165) is 26.9 Å². The molecule has 2 aromatic carbocycles. The first kappa shape index (κ1) is 21.5. The molecule has 4 amide bonds. The monoisotopic (exact) mass is 436 g/mol. The van der Waals surface area contributed by atoms with E-state index in [1.807, 2.05) is 44.3 Å². The van der Waals surface area contributed by atoms with Crippen molar-refractivity contribution in [3.05, 3.63) is 71.7 Å². The van der Waals surface area contributed by atoms with Gasteiger partial charge in [0.1, 0.15) is 18.4 Å². The Labute approximate surface area is 185 Å². The number of rotatable bonds is 7. The average Bonchev–Trinajstić information content (AvgIpc) is 3.29. The lowest BCUT2D eigenvalue weighted by Crippen LogP contribution is -2.43. The Balaban J connectivity index is 1.42. The van der Waals surface area contributed by atoms with Crippen LogP contribution in [0.3, 0.4) is 0 Å². The predicted molar refractivity (Wildman–Crippen MR) is 118 cm³/mol. The van der Waals surface area contributed by atoms with Crippen LogP contribution in [0.1, 0.15) is 31.0 Å². The highest BCUT2D eigenvalue weighted by Gasteiger charge is 2.39. The lowest BCUT2D eigenvalue weighted by Gasteiger charge is -2.24. The number of amides is 4. The Hall–Kier alpha value is -3.68. The molecule has 1 fully saturated rings. The van der Waals surface area contributed by atoms with E-state index in [4.69, 9.17) is 0 Å². The first-order chi connectivity index (χ1) is 15.3. The Bertz CT molecular complexity index is 1160. The number of urea groups is 1. The number of aromatic amines is 1. The van der Waals surface area contributed by atoms with Crippen molar-refractivity contribution in [2.24, 2.45) is 5.92 Å². The summed E-state index contributed by atoms with van der Waals surface area (Å²) in [4.78, 5) is 42.0. The van der Waals surface area contributed by atoms with E-state index in [1.165, 1.54) is 12.1 Å². The van der Waals surface area contributed by atoms with Gasteiger partial charge >= 0.3 is 6.03 Å². The molecule has 166 valence electrons. The van der Waals surface area contributed by atoms with E-state index in [-0.39, 0.29) is 24.3 Å². The first-order valence-corrected chi connectivity index (χ1v) is 10.5. The highest BCUT2D eigenvalue weighted by Crippen LogP contribution is 2.23. The maximum atomic E-state index is 13.3. The summed E-state index contributed by atoms with van der Waals surface area (Å²) in [5, 5.41) is 6.53. The number of aromatic nitrogens is 1. The quantitative estimate of drug-likeness (QED) is 0.496. The molecule has 0 saturated carbocycles. The van der Waals surface area contributed by atoms with Gasteiger partial charge in [0, 0.05) is 23.5 Å². The molecule has 2 heterocycles. The Morgan fingerprint density at radius 3 is 2.56 bits per heavy atom. The fraction of sp³-hybridized carbons (Fsp3) is 0.292. The van der Waals surface area contributed by atoms with Crippen molar-refractivity contribution < 1.29 is 18.8 Å². The topological polar surface area (TPSA) is 94.3 Å². The molecule has 0 bridgehead atoms. The van der Waals surface area contributed by atoms with Crippen LogP contribution in [-0.4, -0.2) is 40.3 Å². The highest BCUT2D eigenvalue weighted by atomic mass is 19.1. The number of hydrogen-bond acceptors (Lipinski definition) is 3. The van der Waals surface area contributed by atoms with Crippen LogP contribution in [0.4, 0.5) is 9.18 Å². The summed E-state index contributed by atoms with van der Waals surface area (Å²) in [6.07, 6.45) is 2.16. The van der Waals surface area contributed by atoms with Crippen molar-refractivity contribution in [1.29, 1.82) is 0 Å². The molecule has 3 N–H and O–H groups in total. The molecule has 0 spiro atoms. The number of H-pyrrole nitrogens is 1. The van der Waals surface area contributed by atoms with Gasteiger partial charge in [0.05, 0.1) is 6.04 Å². The average molecular weight is 436 g/mol. The van der Waals surface area contributed by atoms with Gasteiger partial charge in [-0.2, -0.15) is 0 Å². The summed E-state index contributed by atoms with van der Waals surface area (Å²) >= 11 is 0. The molecule has 8 heteroatoms. The normalized spacial score (nSPS) is 17.1. The molecule has 2 atom stereocenters. The zero-order chi connectivity index (χ0) is 22.8. The van der Waals surface area contributed by atoms with E-state index in [2.05, 4.69) is 15.6 Å². The van der Waals surface area contributed by atoms with Crippen molar-refractivity contribution in [2.75, 3.05) is 6.54 Å². The number of fused-ring (bicyclic) bond motifs is 1. The zero-order valence-electron chi connectivity index (χ0n) is 17.9. The molecule has 2 unspecified atom stereocenters. The van der Waals surface area contributed by atoms with Gasteiger partial charge in [0.15, 0.2) is 0 Å². The third-order valence-electron chi connectivity index (χ3n) is 5.72. The molecule has 32 heavy (non-hydrogen) atoms. The summed E-state index contributed by atoms with van der Waals surface area (Å²) in [6, 6.07) is 11.9. The van der Waals surface area contributed by atoms with Gasteiger partial charge in [-0.3, -0.25) is 14.5 Å². The number of carbonyl (C=O) groups excluding carboxylic acids is 3. The summed E-state index contributed by atoms with van der Waals surface area (Å²) in [5.74, 6) is -1.21.